The monoisotopic (exact) mass is 180 g/mol. The van der Waals surface area contributed by atoms with Crippen LogP contribution in [0.25, 0.3) is 0 Å². The minimum atomic E-state index is -0.387. The molecule has 0 atom stereocenters. The van der Waals surface area contributed by atoms with Crippen molar-refractivity contribution in [2.75, 3.05) is 6.67 Å². The maximum absolute atomic E-state index is 11.3. The summed E-state index contributed by atoms with van der Waals surface area (Å²) in [5.41, 5.74) is 0.817. The molecule has 5 nitrogen and oxygen atoms in total. The summed E-state index contributed by atoms with van der Waals surface area (Å²) < 4.78 is 0. The number of carbonyl (C=O) groups excluding carboxylic acids is 3. The van der Waals surface area contributed by atoms with Gasteiger partial charge in [0.15, 0.2) is 0 Å². The Morgan fingerprint density at radius 2 is 1.69 bits per heavy atom. The Labute approximate surface area is 74.7 Å². The van der Waals surface area contributed by atoms with E-state index in [9.17, 15) is 14.4 Å². The van der Waals surface area contributed by atoms with E-state index in [1.807, 2.05) is 0 Å². The molecule has 0 bridgehead atoms. The molecule has 0 spiro atoms. The molecule has 0 radical (unpaired) electrons. The van der Waals surface area contributed by atoms with Crippen LogP contribution in [-0.4, -0.2) is 29.5 Å². The summed E-state index contributed by atoms with van der Waals surface area (Å²) in [7, 11) is 0. The van der Waals surface area contributed by atoms with Crippen molar-refractivity contribution in [3.8, 4) is 0 Å². The average molecular weight is 180 g/mol. The topological polar surface area (TPSA) is 66.8 Å². The van der Waals surface area contributed by atoms with E-state index in [4.69, 9.17) is 0 Å². The number of rotatable bonds is 2. The molecule has 13 heavy (non-hydrogen) atoms. The quantitative estimate of drug-likeness (QED) is 0.341. The number of imide groups is 1. The van der Waals surface area contributed by atoms with Gasteiger partial charge in [-0.05, 0) is 13.8 Å². The van der Waals surface area contributed by atoms with Crippen LogP contribution in [0.1, 0.15) is 13.8 Å². The molecule has 0 aromatic carbocycles. The number of hydrogen-bond acceptors (Lipinski definition) is 4. The molecule has 0 aromatic heterocycles. The zero-order valence-corrected chi connectivity index (χ0v) is 7.33. The molecule has 1 aliphatic rings. The molecule has 1 heterocycles. The largest absolute Gasteiger partial charge is 0.269 e. The molecular formula is C8H8N2O3. The van der Waals surface area contributed by atoms with Gasteiger partial charge in [0.05, 0.1) is 0 Å². The van der Waals surface area contributed by atoms with Gasteiger partial charge in [-0.2, -0.15) is 4.99 Å². The van der Waals surface area contributed by atoms with Crippen LogP contribution >= 0.6 is 0 Å². The molecule has 0 saturated carbocycles. The van der Waals surface area contributed by atoms with Crippen molar-refractivity contribution in [2.45, 2.75) is 13.8 Å². The van der Waals surface area contributed by atoms with E-state index >= 15 is 0 Å². The summed E-state index contributed by atoms with van der Waals surface area (Å²) >= 11 is 0. The molecule has 68 valence electrons. The minimum Gasteiger partial charge on any atom is -0.269 e. The third-order valence-corrected chi connectivity index (χ3v) is 1.97. The van der Waals surface area contributed by atoms with E-state index in [0.29, 0.717) is 11.1 Å². The van der Waals surface area contributed by atoms with Gasteiger partial charge in [-0.3, -0.25) is 14.5 Å². The van der Waals surface area contributed by atoms with Crippen molar-refractivity contribution in [1.82, 2.24) is 4.90 Å². The molecule has 0 unspecified atom stereocenters. The number of nitrogens with zero attached hydrogens (tertiary/aromatic N) is 2. The zero-order valence-electron chi connectivity index (χ0n) is 7.33. The van der Waals surface area contributed by atoms with Crippen molar-refractivity contribution in [3.05, 3.63) is 11.1 Å². The second kappa shape index (κ2) is 3.33. The molecule has 1 rings (SSSR count). The molecule has 0 fully saturated rings. The molecule has 5 heteroatoms. The van der Waals surface area contributed by atoms with Gasteiger partial charge < -0.3 is 0 Å². The van der Waals surface area contributed by atoms with Crippen molar-refractivity contribution in [2.24, 2.45) is 4.99 Å². The summed E-state index contributed by atoms with van der Waals surface area (Å²) in [6.07, 6.45) is 1.28. The first-order valence-electron chi connectivity index (χ1n) is 3.67. The predicted molar refractivity (Wildman–Crippen MR) is 43.2 cm³/mol. The van der Waals surface area contributed by atoms with E-state index in [1.54, 1.807) is 13.8 Å². The van der Waals surface area contributed by atoms with Crippen LogP contribution in [0.5, 0.6) is 0 Å². The minimum absolute atomic E-state index is 0.240. The fourth-order valence-corrected chi connectivity index (χ4v) is 1.05. The summed E-state index contributed by atoms with van der Waals surface area (Å²) in [6.45, 7) is 2.90. The highest BCUT2D eigenvalue weighted by Gasteiger charge is 2.32. The van der Waals surface area contributed by atoms with Crippen molar-refractivity contribution in [1.29, 1.82) is 0 Å². The fraction of sp³-hybridized carbons (Fsp3) is 0.375. The normalized spacial score (nSPS) is 16.6. The van der Waals surface area contributed by atoms with Gasteiger partial charge in [-0.1, -0.05) is 0 Å². The maximum atomic E-state index is 11.3. The second-order valence-corrected chi connectivity index (χ2v) is 2.68. The Balaban J connectivity index is 2.90. The zero-order chi connectivity index (χ0) is 10.0. The Bertz CT molecular complexity index is 326. The van der Waals surface area contributed by atoms with Gasteiger partial charge in [0.1, 0.15) is 6.67 Å². The van der Waals surface area contributed by atoms with Crippen LogP contribution in [0, 0.1) is 0 Å². The lowest BCUT2D eigenvalue weighted by Gasteiger charge is -2.09. The van der Waals surface area contributed by atoms with Crippen LogP contribution < -0.4 is 0 Å². The van der Waals surface area contributed by atoms with E-state index < -0.39 is 0 Å². The Morgan fingerprint density at radius 1 is 1.23 bits per heavy atom. The van der Waals surface area contributed by atoms with E-state index in [1.165, 1.54) is 6.08 Å². The summed E-state index contributed by atoms with van der Waals surface area (Å²) in [6, 6.07) is 0. The molecule has 0 aromatic rings. The van der Waals surface area contributed by atoms with Gasteiger partial charge in [-0.25, -0.2) is 4.79 Å². The van der Waals surface area contributed by atoms with Crippen molar-refractivity contribution >= 4 is 17.9 Å². The van der Waals surface area contributed by atoms with Crippen molar-refractivity contribution in [3.63, 3.8) is 0 Å². The lowest BCUT2D eigenvalue weighted by Crippen LogP contribution is -2.31. The molecule has 0 saturated heterocycles. The number of hydrogen-bond donors (Lipinski definition) is 0. The van der Waals surface area contributed by atoms with Gasteiger partial charge in [0, 0.05) is 11.1 Å². The Hall–Kier alpha value is -1.74. The third-order valence-electron chi connectivity index (χ3n) is 1.97. The van der Waals surface area contributed by atoms with E-state index in [0.717, 1.165) is 4.90 Å². The fourth-order valence-electron chi connectivity index (χ4n) is 1.05. The van der Waals surface area contributed by atoms with Gasteiger partial charge >= 0.3 is 0 Å². The second-order valence-electron chi connectivity index (χ2n) is 2.68. The molecule has 0 N–H and O–H groups in total. The number of carbonyl (C=O) groups is 2. The standard InChI is InChI=1S/C8H8N2O3/c1-5-6(2)8(13)10(7(5)12)3-9-4-11/h3H2,1-2H3. The lowest BCUT2D eigenvalue weighted by molar-refractivity contribution is -0.137. The third kappa shape index (κ3) is 1.41. The van der Waals surface area contributed by atoms with Gasteiger partial charge in [0.25, 0.3) is 11.8 Å². The lowest BCUT2D eigenvalue weighted by atomic mass is 10.2. The highest BCUT2D eigenvalue weighted by atomic mass is 16.2. The Kier molecular flexibility index (Phi) is 2.39. The van der Waals surface area contributed by atoms with Crippen LogP contribution in [0.15, 0.2) is 16.1 Å². The number of isocyanates is 1. The number of amides is 2. The highest BCUT2D eigenvalue weighted by Crippen LogP contribution is 2.18. The van der Waals surface area contributed by atoms with Gasteiger partial charge in [-0.15, -0.1) is 0 Å². The number of aliphatic imine (C=N–C) groups is 1. The SMILES string of the molecule is CC1=C(C)C(=O)N(CN=C=O)C1=O. The van der Waals surface area contributed by atoms with E-state index in [-0.39, 0.29) is 18.5 Å². The van der Waals surface area contributed by atoms with E-state index in [2.05, 4.69) is 4.99 Å². The summed E-state index contributed by atoms with van der Waals surface area (Å²) in [5.74, 6) is -0.775. The van der Waals surface area contributed by atoms with Crippen LogP contribution in [0.2, 0.25) is 0 Å². The van der Waals surface area contributed by atoms with Crippen LogP contribution in [0.3, 0.4) is 0 Å². The summed E-state index contributed by atoms with van der Waals surface area (Å²) in [5, 5.41) is 0. The first-order chi connectivity index (χ1) is 6.09. The molecule has 2 amide bonds. The molecule has 0 aliphatic carbocycles. The maximum Gasteiger partial charge on any atom is 0.258 e. The highest BCUT2D eigenvalue weighted by molar-refractivity contribution is 6.18. The first-order valence-corrected chi connectivity index (χ1v) is 3.67. The molecular weight excluding hydrogens is 172 g/mol. The van der Waals surface area contributed by atoms with Crippen LogP contribution in [-0.2, 0) is 14.4 Å². The predicted octanol–water partition coefficient (Wildman–Crippen LogP) is -0.0151. The van der Waals surface area contributed by atoms with Gasteiger partial charge in [0.2, 0.25) is 6.08 Å². The smallest absolute Gasteiger partial charge is 0.258 e. The molecule has 1 aliphatic heterocycles. The summed E-state index contributed by atoms with van der Waals surface area (Å²) in [4.78, 5) is 36.5. The first kappa shape index (κ1) is 9.35. The Morgan fingerprint density at radius 3 is 2.08 bits per heavy atom. The van der Waals surface area contributed by atoms with Crippen molar-refractivity contribution < 1.29 is 14.4 Å². The average Bonchev–Trinajstić information content (AvgIpc) is 2.30. The van der Waals surface area contributed by atoms with Crippen LogP contribution in [0.4, 0.5) is 0 Å².